The zero-order valence-electron chi connectivity index (χ0n) is 12.6. The molecule has 1 heterocycles. The van der Waals surface area contributed by atoms with Gasteiger partial charge in [0.05, 0.1) is 20.3 Å². The zero-order chi connectivity index (χ0) is 15.2. The van der Waals surface area contributed by atoms with Gasteiger partial charge in [0.25, 0.3) is 0 Å². The molecule has 0 amide bonds. The van der Waals surface area contributed by atoms with E-state index in [4.69, 9.17) is 21.7 Å². The minimum absolute atomic E-state index is 0.222. The summed E-state index contributed by atoms with van der Waals surface area (Å²) in [6.07, 6.45) is 3.98. The molecular formula is C16H22N2O2S. The van der Waals surface area contributed by atoms with Crippen molar-refractivity contribution < 1.29 is 9.47 Å². The Morgan fingerprint density at radius 1 is 1.48 bits per heavy atom. The molecule has 1 aliphatic heterocycles. The van der Waals surface area contributed by atoms with Crippen molar-refractivity contribution in [1.29, 1.82) is 0 Å². The van der Waals surface area contributed by atoms with E-state index in [-0.39, 0.29) is 6.04 Å². The van der Waals surface area contributed by atoms with Gasteiger partial charge >= 0.3 is 0 Å². The lowest BCUT2D eigenvalue weighted by Crippen LogP contribution is -2.39. The third-order valence-electron chi connectivity index (χ3n) is 3.71. The number of hydrogen-bond acceptors (Lipinski definition) is 3. The van der Waals surface area contributed by atoms with Crippen LogP contribution in [0.25, 0.3) is 0 Å². The molecule has 1 fully saturated rings. The fourth-order valence-electron chi connectivity index (χ4n) is 2.69. The average Bonchev–Trinajstić information content (AvgIpc) is 3.01. The second-order valence-electron chi connectivity index (χ2n) is 4.93. The highest BCUT2D eigenvalue weighted by atomic mass is 32.1. The van der Waals surface area contributed by atoms with Crippen LogP contribution < -0.4 is 14.8 Å². The van der Waals surface area contributed by atoms with Gasteiger partial charge in [-0.15, -0.1) is 6.58 Å². The summed E-state index contributed by atoms with van der Waals surface area (Å²) in [6, 6.07) is 6.12. The molecule has 1 N–H and O–H groups in total. The molecule has 0 spiro atoms. The highest BCUT2D eigenvalue weighted by Crippen LogP contribution is 2.38. The smallest absolute Gasteiger partial charge is 0.169 e. The molecule has 0 bridgehead atoms. The predicted molar refractivity (Wildman–Crippen MR) is 89.0 cm³/mol. The summed E-state index contributed by atoms with van der Waals surface area (Å²) in [5.41, 5.74) is 1.12. The van der Waals surface area contributed by atoms with Crippen molar-refractivity contribution in [2.45, 2.75) is 18.9 Å². The normalized spacial score (nSPS) is 17.4. The largest absolute Gasteiger partial charge is 0.497 e. The fourth-order valence-corrected chi connectivity index (χ4v) is 3.00. The molecule has 0 saturated carbocycles. The lowest BCUT2D eigenvalue weighted by molar-refractivity contribution is 0.358. The number of rotatable bonds is 5. The minimum Gasteiger partial charge on any atom is -0.497 e. The summed E-state index contributed by atoms with van der Waals surface area (Å²) >= 11 is 5.49. The Kier molecular flexibility index (Phi) is 5.44. The van der Waals surface area contributed by atoms with E-state index in [1.807, 2.05) is 24.3 Å². The van der Waals surface area contributed by atoms with E-state index >= 15 is 0 Å². The molecule has 1 aromatic rings. The number of benzene rings is 1. The average molecular weight is 306 g/mol. The monoisotopic (exact) mass is 306 g/mol. The first kappa shape index (κ1) is 15.6. The third kappa shape index (κ3) is 3.47. The molecule has 4 nitrogen and oxygen atoms in total. The second-order valence-corrected chi connectivity index (χ2v) is 5.32. The van der Waals surface area contributed by atoms with Gasteiger partial charge in [-0.2, -0.15) is 0 Å². The van der Waals surface area contributed by atoms with Crippen molar-refractivity contribution in [2.24, 2.45) is 0 Å². The van der Waals surface area contributed by atoms with Crippen LogP contribution in [0.15, 0.2) is 30.9 Å². The Balaban J connectivity index is 2.26. The molecule has 1 aromatic carbocycles. The maximum absolute atomic E-state index is 5.50. The molecule has 2 rings (SSSR count). The molecular weight excluding hydrogens is 284 g/mol. The van der Waals surface area contributed by atoms with Crippen LogP contribution in [0.3, 0.4) is 0 Å². The maximum atomic E-state index is 5.50. The van der Waals surface area contributed by atoms with Gasteiger partial charge in [-0.05, 0) is 43.3 Å². The van der Waals surface area contributed by atoms with Crippen molar-refractivity contribution in [2.75, 3.05) is 27.3 Å². The van der Waals surface area contributed by atoms with Crippen LogP contribution in [-0.4, -0.2) is 37.3 Å². The van der Waals surface area contributed by atoms with Gasteiger partial charge in [0.1, 0.15) is 11.5 Å². The van der Waals surface area contributed by atoms with E-state index in [0.29, 0.717) is 6.54 Å². The molecule has 5 heteroatoms. The summed E-state index contributed by atoms with van der Waals surface area (Å²) < 4.78 is 10.8. The number of likely N-dealkylation sites (tertiary alicyclic amines) is 1. The SMILES string of the molecule is C=CCNC(=S)N1CCC[C@H]1c1cc(OC)ccc1OC. The summed E-state index contributed by atoms with van der Waals surface area (Å²) in [4.78, 5) is 2.22. The van der Waals surface area contributed by atoms with Crippen molar-refractivity contribution in [1.82, 2.24) is 10.2 Å². The Morgan fingerprint density at radius 2 is 2.29 bits per heavy atom. The highest BCUT2D eigenvalue weighted by Gasteiger charge is 2.30. The maximum Gasteiger partial charge on any atom is 0.169 e. The van der Waals surface area contributed by atoms with Gasteiger partial charge in [0.15, 0.2) is 5.11 Å². The van der Waals surface area contributed by atoms with Crippen molar-refractivity contribution in [3.05, 3.63) is 36.4 Å². The quantitative estimate of drug-likeness (QED) is 0.668. The van der Waals surface area contributed by atoms with Crippen LogP contribution in [-0.2, 0) is 0 Å². The number of thiocarbonyl (C=S) groups is 1. The molecule has 0 unspecified atom stereocenters. The van der Waals surface area contributed by atoms with E-state index in [2.05, 4.69) is 16.8 Å². The van der Waals surface area contributed by atoms with Crippen LogP contribution >= 0.6 is 12.2 Å². The molecule has 1 atom stereocenters. The molecule has 0 aromatic heterocycles. The molecule has 1 saturated heterocycles. The first-order valence-electron chi connectivity index (χ1n) is 7.08. The standard InChI is InChI=1S/C16H22N2O2S/c1-4-9-17-16(21)18-10-5-6-14(18)13-11-12(19-2)7-8-15(13)20-3/h4,7-8,11,14H,1,5-6,9-10H2,2-3H3,(H,17,21)/t14-/m0/s1. The van der Waals surface area contributed by atoms with Crippen LogP contribution in [0.4, 0.5) is 0 Å². The van der Waals surface area contributed by atoms with E-state index < -0.39 is 0 Å². The van der Waals surface area contributed by atoms with Crippen molar-refractivity contribution in [3.63, 3.8) is 0 Å². The second kappa shape index (κ2) is 7.31. The van der Waals surface area contributed by atoms with Crippen LogP contribution in [0, 0.1) is 0 Å². The number of hydrogen-bond donors (Lipinski definition) is 1. The molecule has 21 heavy (non-hydrogen) atoms. The van der Waals surface area contributed by atoms with Gasteiger partial charge in [-0.1, -0.05) is 6.08 Å². The lowest BCUT2D eigenvalue weighted by atomic mass is 10.0. The molecule has 0 aliphatic carbocycles. The van der Waals surface area contributed by atoms with E-state index in [1.54, 1.807) is 14.2 Å². The van der Waals surface area contributed by atoms with E-state index in [1.165, 1.54) is 0 Å². The van der Waals surface area contributed by atoms with Crippen LogP contribution in [0.1, 0.15) is 24.4 Å². The van der Waals surface area contributed by atoms with Crippen molar-refractivity contribution in [3.8, 4) is 11.5 Å². The third-order valence-corrected chi connectivity index (χ3v) is 4.09. The summed E-state index contributed by atoms with van der Waals surface area (Å²) in [5, 5.41) is 3.97. The summed E-state index contributed by atoms with van der Waals surface area (Å²) in [7, 11) is 3.37. The van der Waals surface area contributed by atoms with Gasteiger partial charge in [-0.3, -0.25) is 0 Å². The van der Waals surface area contributed by atoms with Gasteiger partial charge < -0.3 is 19.7 Å². The zero-order valence-corrected chi connectivity index (χ0v) is 13.4. The Morgan fingerprint density at radius 3 is 2.95 bits per heavy atom. The van der Waals surface area contributed by atoms with Gasteiger partial charge in [0.2, 0.25) is 0 Å². The summed E-state index contributed by atoms with van der Waals surface area (Å²) in [6.45, 7) is 5.34. The molecule has 1 aliphatic rings. The van der Waals surface area contributed by atoms with Crippen LogP contribution in [0.2, 0.25) is 0 Å². The van der Waals surface area contributed by atoms with Crippen molar-refractivity contribution >= 4 is 17.3 Å². The Bertz CT molecular complexity index is 519. The first-order valence-corrected chi connectivity index (χ1v) is 7.49. The number of nitrogens with zero attached hydrogens (tertiary/aromatic N) is 1. The summed E-state index contributed by atoms with van der Waals surface area (Å²) in [5.74, 6) is 1.71. The first-order chi connectivity index (χ1) is 10.2. The number of nitrogens with one attached hydrogen (secondary N) is 1. The van der Waals surface area contributed by atoms with Crippen LogP contribution in [0.5, 0.6) is 11.5 Å². The van der Waals surface area contributed by atoms with Gasteiger partial charge in [-0.25, -0.2) is 0 Å². The highest BCUT2D eigenvalue weighted by molar-refractivity contribution is 7.80. The van der Waals surface area contributed by atoms with E-state index in [9.17, 15) is 0 Å². The lowest BCUT2D eigenvalue weighted by Gasteiger charge is -2.29. The van der Waals surface area contributed by atoms with Gasteiger partial charge in [0, 0.05) is 18.7 Å². The predicted octanol–water partition coefficient (Wildman–Crippen LogP) is 2.90. The Labute approximate surface area is 131 Å². The Hall–Kier alpha value is -1.75. The molecule has 0 radical (unpaired) electrons. The van der Waals surface area contributed by atoms with E-state index in [0.717, 1.165) is 41.6 Å². The fraction of sp³-hybridized carbons (Fsp3) is 0.438. The minimum atomic E-state index is 0.222. The molecule has 114 valence electrons. The number of ether oxygens (including phenoxy) is 2. The number of methoxy groups -OCH3 is 2. The topological polar surface area (TPSA) is 33.7 Å².